The minimum atomic E-state index is -0.176. The first-order valence-corrected chi connectivity index (χ1v) is 6.23. The molecule has 4 nitrogen and oxygen atoms in total. The van der Waals surface area contributed by atoms with Crippen LogP contribution in [-0.2, 0) is 9.53 Å². The van der Waals surface area contributed by atoms with Gasteiger partial charge in [-0.3, -0.25) is 4.79 Å². The predicted octanol–water partition coefficient (Wildman–Crippen LogP) is 1.87. The lowest BCUT2D eigenvalue weighted by Crippen LogP contribution is -2.36. The summed E-state index contributed by atoms with van der Waals surface area (Å²) in [5.41, 5.74) is 7.38. The standard InChI is InChI=1S/C14H22N2O2/c1-4-16(8-9-18-3)14(17)11(2)12-6-5-7-13(15)10-12/h5-7,10-11H,4,8-9,15H2,1-3H3. The summed E-state index contributed by atoms with van der Waals surface area (Å²) in [7, 11) is 1.64. The topological polar surface area (TPSA) is 55.6 Å². The fourth-order valence-electron chi connectivity index (χ4n) is 1.87. The fourth-order valence-corrected chi connectivity index (χ4v) is 1.87. The molecule has 1 unspecified atom stereocenters. The highest BCUT2D eigenvalue weighted by Crippen LogP contribution is 2.20. The maximum atomic E-state index is 12.3. The van der Waals surface area contributed by atoms with E-state index in [2.05, 4.69) is 0 Å². The number of anilines is 1. The van der Waals surface area contributed by atoms with Crippen molar-refractivity contribution in [2.75, 3.05) is 32.5 Å². The number of amides is 1. The molecule has 4 heteroatoms. The number of carbonyl (C=O) groups is 1. The van der Waals surface area contributed by atoms with Crippen molar-refractivity contribution in [2.45, 2.75) is 19.8 Å². The van der Waals surface area contributed by atoms with E-state index in [0.717, 1.165) is 5.56 Å². The van der Waals surface area contributed by atoms with E-state index < -0.39 is 0 Å². The van der Waals surface area contributed by atoms with E-state index in [0.29, 0.717) is 25.4 Å². The highest BCUT2D eigenvalue weighted by atomic mass is 16.5. The zero-order valence-electron chi connectivity index (χ0n) is 11.3. The molecule has 1 rings (SSSR count). The number of nitrogen functional groups attached to an aromatic ring is 1. The van der Waals surface area contributed by atoms with Gasteiger partial charge >= 0.3 is 0 Å². The maximum absolute atomic E-state index is 12.3. The van der Waals surface area contributed by atoms with Crippen molar-refractivity contribution in [2.24, 2.45) is 0 Å². The summed E-state index contributed by atoms with van der Waals surface area (Å²) in [5, 5.41) is 0. The summed E-state index contributed by atoms with van der Waals surface area (Å²) in [6.07, 6.45) is 0. The van der Waals surface area contributed by atoms with Gasteiger partial charge in [-0.15, -0.1) is 0 Å². The molecule has 0 spiro atoms. The van der Waals surface area contributed by atoms with Crippen molar-refractivity contribution in [1.29, 1.82) is 0 Å². The molecule has 0 aliphatic heterocycles. The van der Waals surface area contributed by atoms with Gasteiger partial charge in [0.1, 0.15) is 0 Å². The Morgan fingerprint density at radius 3 is 2.78 bits per heavy atom. The summed E-state index contributed by atoms with van der Waals surface area (Å²) in [4.78, 5) is 14.1. The highest BCUT2D eigenvalue weighted by molar-refractivity contribution is 5.83. The number of methoxy groups -OCH3 is 1. The van der Waals surface area contributed by atoms with Crippen molar-refractivity contribution < 1.29 is 9.53 Å². The van der Waals surface area contributed by atoms with Crippen LogP contribution in [0.3, 0.4) is 0 Å². The van der Waals surface area contributed by atoms with Crippen LogP contribution in [0.2, 0.25) is 0 Å². The number of carbonyl (C=O) groups excluding carboxylic acids is 1. The summed E-state index contributed by atoms with van der Waals surface area (Å²) < 4.78 is 5.01. The zero-order valence-corrected chi connectivity index (χ0v) is 11.3. The maximum Gasteiger partial charge on any atom is 0.229 e. The first-order valence-electron chi connectivity index (χ1n) is 6.23. The minimum absolute atomic E-state index is 0.111. The molecule has 0 saturated carbocycles. The average Bonchev–Trinajstić information content (AvgIpc) is 2.38. The number of nitrogens with zero attached hydrogens (tertiary/aromatic N) is 1. The smallest absolute Gasteiger partial charge is 0.229 e. The Morgan fingerprint density at radius 1 is 1.50 bits per heavy atom. The van der Waals surface area contributed by atoms with Gasteiger partial charge in [0.25, 0.3) is 0 Å². The van der Waals surface area contributed by atoms with Crippen LogP contribution in [0.5, 0.6) is 0 Å². The SMILES string of the molecule is CCN(CCOC)C(=O)C(C)c1cccc(N)c1. The monoisotopic (exact) mass is 250 g/mol. The Balaban J connectivity index is 2.75. The molecule has 18 heavy (non-hydrogen) atoms. The van der Waals surface area contributed by atoms with Crippen LogP contribution in [-0.4, -0.2) is 37.6 Å². The molecule has 0 aliphatic carbocycles. The van der Waals surface area contributed by atoms with Gasteiger partial charge in [0.05, 0.1) is 12.5 Å². The van der Waals surface area contributed by atoms with E-state index >= 15 is 0 Å². The van der Waals surface area contributed by atoms with Crippen LogP contribution in [0, 0.1) is 0 Å². The molecule has 2 N–H and O–H groups in total. The van der Waals surface area contributed by atoms with E-state index in [-0.39, 0.29) is 11.8 Å². The van der Waals surface area contributed by atoms with Crippen LogP contribution in [0.1, 0.15) is 25.3 Å². The first kappa shape index (κ1) is 14.5. The van der Waals surface area contributed by atoms with Crippen LogP contribution in [0.15, 0.2) is 24.3 Å². The lowest BCUT2D eigenvalue weighted by molar-refractivity contribution is -0.132. The minimum Gasteiger partial charge on any atom is -0.399 e. The number of likely N-dealkylation sites (N-methyl/N-ethyl adjacent to an activating group) is 1. The molecule has 0 bridgehead atoms. The van der Waals surface area contributed by atoms with Gasteiger partial charge in [0, 0.05) is 25.9 Å². The lowest BCUT2D eigenvalue weighted by Gasteiger charge is -2.24. The first-order chi connectivity index (χ1) is 8.60. The molecule has 1 aromatic rings. The van der Waals surface area contributed by atoms with E-state index in [9.17, 15) is 4.79 Å². The molecule has 0 radical (unpaired) electrons. The highest BCUT2D eigenvalue weighted by Gasteiger charge is 2.20. The summed E-state index contributed by atoms with van der Waals surface area (Å²) in [6.45, 7) is 5.75. The number of rotatable bonds is 6. The van der Waals surface area contributed by atoms with Crippen LogP contribution in [0.4, 0.5) is 5.69 Å². The number of hydrogen-bond donors (Lipinski definition) is 1. The fraction of sp³-hybridized carbons (Fsp3) is 0.500. The van der Waals surface area contributed by atoms with Gasteiger partial charge in [-0.05, 0) is 31.5 Å². The Morgan fingerprint density at radius 2 is 2.22 bits per heavy atom. The van der Waals surface area contributed by atoms with E-state index in [1.54, 1.807) is 12.0 Å². The molecule has 0 heterocycles. The predicted molar refractivity (Wildman–Crippen MR) is 73.4 cm³/mol. The van der Waals surface area contributed by atoms with Gasteiger partial charge in [0.2, 0.25) is 5.91 Å². The van der Waals surface area contributed by atoms with Crippen molar-refractivity contribution in [3.05, 3.63) is 29.8 Å². The third-order valence-electron chi connectivity index (χ3n) is 3.04. The van der Waals surface area contributed by atoms with E-state index in [4.69, 9.17) is 10.5 Å². The Hall–Kier alpha value is -1.55. The summed E-state index contributed by atoms with van der Waals surface area (Å²) in [6, 6.07) is 7.49. The third-order valence-corrected chi connectivity index (χ3v) is 3.04. The quantitative estimate of drug-likeness (QED) is 0.784. The van der Waals surface area contributed by atoms with Crippen molar-refractivity contribution in [1.82, 2.24) is 4.90 Å². The van der Waals surface area contributed by atoms with Gasteiger partial charge in [-0.25, -0.2) is 0 Å². The van der Waals surface area contributed by atoms with E-state index in [1.807, 2.05) is 38.1 Å². The van der Waals surface area contributed by atoms with Gasteiger partial charge < -0.3 is 15.4 Å². The second-order valence-corrected chi connectivity index (χ2v) is 4.30. The molecular weight excluding hydrogens is 228 g/mol. The number of nitrogens with two attached hydrogens (primary N) is 1. The van der Waals surface area contributed by atoms with Crippen LogP contribution >= 0.6 is 0 Å². The molecule has 1 atom stereocenters. The van der Waals surface area contributed by atoms with Gasteiger partial charge in [-0.1, -0.05) is 12.1 Å². The molecule has 0 fully saturated rings. The molecule has 0 aromatic heterocycles. The molecule has 1 aromatic carbocycles. The van der Waals surface area contributed by atoms with E-state index in [1.165, 1.54) is 0 Å². The van der Waals surface area contributed by atoms with Gasteiger partial charge in [0.15, 0.2) is 0 Å². The second kappa shape index (κ2) is 7.01. The number of ether oxygens (including phenoxy) is 1. The Labute approximate surface area is 109 Å². The Bertz CT molecular complexity index is 393. The molecule has 1 amide bonds. The van der Waals surface area contributed by atoms with Crippen LogP contribution < -0.4 is 5.73 Å². The Kier molecular flexibility index (Phi) is 5.65. The summed E-state index contributed by atoms with van der Waals surface area (Å²) in [5.74, 6) is -0.0644. The zero-order chi connectivity index (χ0) is 13.5. The largest absolute Gasteiger partial charge is 0.399 e. The molecule has 100 valence electrons. The van der Waals surface area contributed by atoms with Gasteiger partial charge in [-0.2, -0.15) is 0 Å². The normalized spacial score (nSPS) is 12.2. The number of benzene rings is 1. The third kappa shape index (κ3) is 3.74. The molecular formula is C14H22N2O2. The lowest BCUT2D eigenvalue weighted by atomic mass is 9.99. The average molecular weight is 250 g/mol. The number of hydrogen-bond acceptors (Lipinski definition) is 3. The second-order valence-electron chi connectivity index (χ2n) is 4.30. The molecule has 0 saturated heterocycles. The summed E-state index contributed by atoms with van der Waals surface area (Å²) >= 11 is 0. The van der Waals surface area contributed by atoms with Crippen molar-refractivity contribution in [3.8, 4) is 0 Å². The van der Waals surface area contributed by atoms with Crippen LogP contribution in [0.25, 0.3) is 0 Å². The molecule has 0 aliphatic rings. The van der Waals surface area contributed by atoms with Crippen molar-refractivity contribution >= 4 is 11.6 Å². The van der Waals surface area contributed by atoms with Crippen molar-refractivity contribution in [3.63, 3.8) is 0 Å².